The van der Waals surface area contributed by atoms with Crippen molar-refractivity contribution in [2.24, 2.45) is 0 Å². The van der Waals surface area contributed by atoms with Crippen LogP contribution in [-0.4, -0.2) is 27.3 Å². The van der Waals surface area contributed by atoms with Gasteiger partial charge in [-0.3, -0.25) is 0 Å². The Morgan fingerprint density at radius 1 is 1.13 bits per heavy atom. The highest BCUT2D eigenvalue weighted by atomic mass is 16.5. The summed E-state index contributed by atoms with van der Waals surface area (Å²) in [5.41, 5.74) is 1.19. The third-order valence-electron chi connectivity index (χ3n) is 2.12. The van der Waals surface area contributed by atoms with Gasteiger partial charge >= 0.3 is 5.97 Å². The minimum atomic E-state index is -0.410. The van der Waals surface area contributed by atoms with E-state index in [1.165, 1.54) is 14.2 Å². The van der Waals surface area contributed by atoms with Gasteiger partial charge in [-0.15, -0.1) is 0 Å². The molecule has 0 amide bonds. The fourth-order valence-corrected chi connectivity index (χ4v) is 1.37. The molecule has 82 valence electrons. The standard InChI is InChI=1S/C11H14O4/c1-7-5-8(13-2)6-9(14-3)10(7)11(12)15-4/h5-6H,1-4H3. The largest absolute Gasteiger partial charge is 0.497 e. The molecule has 4 nitrogen and oxygen atoms in total. The summed E-state index contributed by atoms with van der Waals surface area (Å²) in [5, 5.41) is 0. The first-order valence-electron chi connectivity index (χ1n) is 4.45. The van der Waals surface area contributed by atoms with E-state index >= 15 is 0 Å². The van der Waals surface area contributed by atoms with E-state index in [4.69, 9.17) is 9.47 Å². The van der Waals surface area contributed by atoms with Crippen LogP contribution in [0, 0.1) is 6.92 Å². The first kappa shape index (κ1) is 11.4. The number of methoxy groups -OCH3 is 3. The van der Waals surface area contributed by atoms with Crippen molar-refractivity contribution in [3.63, 3.8) is 0 Å². The van der Waals surface area contributed by atoms with Crippen LogP contribution >= 0.6 is 0 Å². The SMILES string of the molecule is COC(=O)c1c(C)cc(OC)cc1OC. The predicted octanol–water partition coefficient (Wildman–Crippen LogP) is 1.80. The Morgan fingerprint density at radius 2 is 1.80 bits per heavy atom. The van der Waals surface area contributed by atoms with Gasteiger partial charge in [-0.1, -0.05) is 0 Å². The molecule has 0 radical (unpaired) electrons. The van der Waals surface area contributed by atoms with Crippen LogP contribution in [-0.2, 0) is 4.74 Å². The molecule has 1 aromatic carbocycles. The van der Waals surface area contributed by atoms with Crippen molar-refractivity contribution in [1.82, 2.24) is 0 Å². The molecule has 4 heteroatoms. The highest BCUT2D eigenvalue weighted by Gasteiger charge is 2.17. The van der Waals surface area contributed by atoms with E-state index in [2.05, 4.69) is 4.74 Å². The van der Waals surface area contributed by atoms with E-state index in [1.807, 2.05) is 0 Å². The average molecular weight is 210 g/mol. The van der Waals surface area contributed by atoms with Crippen LogP contribution in [0.1, 0.15) is 15.9 Å². The number of benzene rings is 1. The third kappa shape index (κ3) is 2.21. The fourth-order valence-electron chi connectivity index (χ4n) is 1.37. The predicted molar refractivity (Wildman–Crippen MR) is 55.6 cm³/mol. The Labute approximate surface area is 88.8 Å². The number of carbonyl (C=O) groups is 1. The van der Waals surface area contributed by atoms with Crippen molar-refractivity contribution in [3.05, 3.63) is 23.3 Å². The highest BCUT2D eigenvalue weighted by Crippen LogP contribution is 2.28. The Hall–Kier alpha value is -1.71. The summed E-state index contributed by atoms with van der Waals surface area (Å²) in [5.74, 6) is 0.697. The molecule has 0 aliphatic heterocycles. The number of hydrogen-bond acceptors (Lipinski definition) is 4. The lowest BCUT2D eigenvalue weighted by Crippen LogP contribution is -2.06. The molecule has 0 atom stereocenters. The molecule has 0 heterocycles. The molecule has 0 unspecified atom stereocenters. The summed E-state index contributed by atoms with van der Waals surface area (Å²) in [7, 11) is 4.40. The van der Waals surface area contributed by atoms with Gasteiger partial charge in [0.25, 0.3) is 0 Å². The van der Waals surface area contributed by atoms with Gasteiger partial charge in [-0.2, -0.15) is 0 Å². The summed E-state index contributed by atoms with van der Waals surface area (Å²) in [6.07, 6.45) is 0. The van der Waals surface area contributed by atoms with Gasteiger partial charge in [0, 0.05) is 6.07 Å². The van der Waals surface area contributed by atoms with Gasteiger partial charge in [0.15, 0.2) is 0 Å². The molecule has 0 fully saturated rings. The molecule has 1 rings (SSSR count). The van der Waals surface area contributed by atoms with Gasteiger partial charge in [0.2, 0.25) is 0 Å². The second-order valence-electron chi connectivity index (χ2n) is 3.01. The molecule has 1 aromatic rings. The minimum Gasteiger partial charge on any atom is -0.497 e. The minimum absolute atomic E-state index is 0.410. The topological polar surface area (TPSA) is 44.8 Å². The van der Waals surface area contributed by atoms with Crippen molar-refractivity contribution < 1.29 is 19.0 Å². The molecule has 0 saturated heterocycles. The van der Waals surface area contributed by atoms with Crippen LogP contribution in [0.2, 0.25) is 0 Å². The van der Waals surface area contributed by atoms with E-state index in [1.54, 1.807) is 26.2 Å². The summed E-state index contributed by atoms with van der Waals surface area (Å²) in [4.78, 5) is 11.5. The lowest BCUT2D eigenvalue weighted by Gasteiger charge is -2.11. The first-order chi connectivity index (χ1) is 7.13. The lowest BCUT2D eigenvalue weighted by atomic mass is 10.1. The zero-order chi connectivity index (χ0) is 11.4. The van der Waals surface area contributed by atoms with E-state index in [0.29, 0.717) is 17.1 Å². The zero-order valence-electron chi connectivity index (χ0n) is 9.29. The zero-order valence-corrected chi connectivity index (χ0v) is 9.29. The number of carbonyl (C=O) groups excluding carboxylic acids is 1. The summed E-state index contributed by atoms with van der Waals surface area (Å²) in [6.45, 7) is 1.80. The van der Waals surface area contributed by atoms with Crippen molar-refractivity contribution in [2.45, 2.75) is 6.92 Å². The van der Waals surface area contributed by atoms with Crippen LogP contribution < -0.4 is 9.47 Å². The van der Waals surface area contributed by atoms with Crippen molar-refractivity contribution in [3.8, 4) is 11.5 Å². The smallest absolute Gasteiger partial charge is 0.341 e. The van der Waals surface area contributed by atoms with E-state index in [0.717, 1.165) is 5.56 Å². The van der Waals surface area contributed by atoms with Gasteiger partial charge in [0.05, 0.1) is 21.3 Å². The maximum Gasteiger partial charge on any atom is 0.341 e. The number of esters is 1. The number of hydrogen-bond donors (Lipinski definition) is 0. The van der Waals surface area contributed by atoms with Crippen molar-refractivity contribution >= 4 is 5.97 Å². The molecule has 0 saturated carbocycles. The summed E-state index contributed by atoms with van der Waals surface area (Å²) >= 11 is 0. The molecule has 15 heavy (non-hydrogen) atoms. The molecular formula is C11H14O4. The summed E-state index contributed by atoms with van der Waals surface area (Å²) < 4.78 is 14.9. The molecule has 0 aliphatic rings. The van der Waals surface area contributed by atoms with Crippen molar-refractivity contribution in [2.75, 3.05) is 21.3 Å². The maximum atomic E-state index is 11.5. The highest BCUT2D eigenvalue weighted by molar-refractivity contribution is 5.94. The van der Waals surface area contributed by atoms with Crippen LogP contribution in [0.3, 0.4) is 0 Å². The van der Waals surface area contributed by atoms with E-state index < -0.39 is 5.97 Å². The van der Waals surface area contributed by atoms with Crippen LogP contribution in [0.5, 0.6) is 11.5 Å². The Balaban J connectivity index is 3.30. The second kappa shape index (κ2) is 4.68. The second-order valence-corrected chi connectivity index (χ2v) is 3.01. The maximum absolute atomic E-state index is 11.5. The third-order valence-corrected chi connectivity index (χ3v) is 2.12. The average Bonchev–Trinajstić information content (AvgIpc) is 2.26. The van der Waals surface area contributed by atoms with Crippen LogP contribution in [0.15, 0.2) is 12.1 Å². The number of rotatable bonds is 3. The van der Waals surface area contributed by atoms with Crippen LogP contribution in [0.4, 0.5) is 0 Å². The fraction of sp³-hybridized carbons (Fsp3) is 0.364. The van der Waals surface area contributed by atoms with E-state index in [9.17, 15) is 4.79 Å². The number of aryl methyl sites for hydroxylation is 1. The monoisotopic (exact) mass is 210 g/mol. The van der Waals surface area contributed by atoms with Gasteiger partial charge in [-0.05, 0) is 18.6 Å². The number of ether oxygens (including phenoxy) is 3. The molecule has 0 bridgehead atoms. The van der Waals surface area contributed by atoms with Gasteiger partial charge in [0.1, 0.15) is 17.1 Å². The Kier molecular flexibility index (Phi) is 3.55. The molecule has 0 spiro atoms. The quantitative estimate of drug-likeness (QED) is 0.713. The molecule has 0 N–H and O–H groups in total. The molecular weight excluding hydrogens is 196 g/mol. The van der Waals surface area contributed by atoms with Crippen molar-refractivity contribution in [1.29, 1.82) is 0 Å². The lowest BCUT2D eigenvalue weighted by molar-refractivity contribution is 0.0596. The Bertz CT molecular complexity index is 371. The summed E-state index contributed by atoms with van der Waals surface area (Å²) in [6, 6.07) is 3.41. The molecule has 0 aromatic heterocycles. The van der Waals surface area contributed by atoms with Gasteiger partial charge < -0.3 is 14.2 Å². The van der Waals surface area contributed by atoms with Crippen LogP contribution in [0.25, 0.3) is 0 Å². The molecule has 0 aliphatic carbocycles. The van der Waals surface area contributed by atoms with Gasteiger partial charge in [-0.25, -0.2) is 4.79 Å². The first-order valence-corrected chi connectivity index (χ1v) is 4.45. The normalized spacial score (nSPS) is 9.60. The Morgan fingerprint density at radius 3 is 2.27 bits per heavy atom. The van der Waals surface area contributed by atoms with E-state index in [-0.39, 0.29) is 0 Å².